The second-order valence-corrected chi connectivity index (χ2v) is 3.40. The lowest BCUT2D eigenvalue weighted by Crippen LogP contribution is -1.92. The van der Waals surface area contributed by atoms with Crippen LogP contribution in [0.5, 0.6) is 0 Å². The molecule has 2 aromatic carbocycles. The zero-order valence-electron chi connectivity index (χ0n) is 9.01. The molecule has 2 rings (SSSR count). The van der Waals surface area contributed by atoms with Crippen LogP contribution in [-0.4, -0.2) is 0 Å². The molecule has 86 valence electrons. The second-order valence-electron chi connectivity index (χ2n) is 3.40. The van der Waals surface area contributed by atoms with Gasteiger partial charge in [-0.15, -0.1) is 24.8 Å². The van der Waals surface area contributed by atoms with E-state index in [-0.39, 0.29) is 24.8 Å². The Bertz CT molecular complexity index is 441. The highest BCUT2D eigenvalue weighted by Crippen LogP contribution is 2.27. The van der Waals surface area contributed by atoms with Crippen molar-refractivity contribution in [1.29, 1.82) is 0 Å². The molecule has 0 saturated carbocycles. The number of nitrogens with two attached hydrogens (primary N) is 1. The molecule has 0 spiro atoms. The largest absolute Gasteiger partial charge is 0.398 e. The van der Waals surface area contributed by atoms with E-state index in [2.05, 4.69) is 18.2 Å². The predicted molar refractivity (Wildman–Crippen MR) is 75.5 cm³/mol. The Morgan fingerprint density at radius 2 is 1.44 bits per heavy atom. The van der Waals surface area contributed by atoms with Crippen LogP contribution in [0.3, 0.4) is 0 Å². The molecule has 2 N–H and O–H groups in total. The maximum absolute atomic E-state index is 6.01. The molecule has 3 heteroatoms. The second kappa shape index (κ2) is 6.41. The van der Waals surface area contributed by atoms with Crippen LogP contribution in [0.2, 0.25) is 0 Å². The van der Waals surface area contributed by atoms with Crippen LogP contribution in [-0.2, 0) is 0 Å². The van der Waals surface area contributed by atoms with Crippen molar-refractivity contribution in [2.75, 3.05) is 5.73 Å². The number of hydrogen-bond donors (Lipinski definition) is 1. The summed E-state index contributed by atoms with van der Waals surface area (Å²) in [4.78, 5) is 0. The average Bonchev–Trinajstić information content (AvgIpc) is 2.23. The first-order chi connectivity index (χ1) is 6.79. The minimum atomic E-state index is 0. The number of hydrogen-bond acceptors (Lipinski definition) is 1. The third-order valence-corrected chi connectivity index (χ3v) is 2.41. The lowest BCUT2D eigenvalue weighted by atomic mass is 10.0. The molecule has 1 nitrogen and oxygen atoms in total. The molecule has 0 atom stereocenters. The number of nitrogen functional groups attached to an aromatic ring is 1. The molecule has 0 aliphatic heterocycles. The van der Waals surface area contributed by atoms with Crippen molar-refractivity contribution < 1.29 is 0 Å². The zero-order valence-corrected chi connectivity index (χ0v) is 10.6. The fourth-order valence-corrected chi connectivity index (χ4v) is 1.55. The van der Waals surface area contributed by atoms with E-state index in [4.69, 9.17) is 5.73 Å². The summed E-state index contributed by atoms with van der Waals surface area (Å²) in [6.45, 7) is 2.03. The summed E-state index contributed by atoms with van der Waals surface area (Å²) in [5, 5.41) is 0. The molecule has 0 unspecified atom stereocenters. The number of aryl methyl sites for hydroxylation is 1. The highest BCUT2D eigenvalue weighted by atomic mass is 35.5. The highest BCUT2D eigenvalue weighted by molar-refractivity contribution is 5.85. The van der Waals surface area contributed by atoms with Crippen molar-refractivity contribution in [1.82, 2.24) is 0 Å². The van der Waals surface area contributed by atoms with Crippen molar-refractivity contribution in [3.63, 3.8) is 0 Å². The maximum Gasteiger partial charge on any atom is 0.0423 e. The van der Waals surface area contributed by atoms with Crippen LogP contribution < -0.4 is 5.73 Å². The van der Waals surface area contributed by atoms with E-state index in [0.29, 0.717) is 0 Å². The number of benzene rings is 2. The molecule has 0 fully saturated rings. The van der Waals surface area contributed by atoms with E-state index < -0.39 is 0 Å². The molecule has 16 heavy (non-hydrogen) atoms. The van der Waals surface area contributed by atoms with Gasteiger partial charge in [0.25, 0.3) is 0 Å². The SMILES string of the molecule is Cc1cccc(-c2ccccc2)c1N.Cl.Cl. The maximum atomic E-state index is 6.01. The summed E-state index contributed by atoms with van der Waals surface area (Å²) in [6.07, 6.45) is 0. The van der Waals surface area contributed by atoms with E-state index in [1.54, 1.807) is 0 Å². The summed E-state index contributed by atoms with van der Waals surface area (Å²) in [5.74, 6) is 0. The van der Waals surface area contributed by atoms with Gasteiger partial charge in [0.15, 0.2) is 0 Å². The molecular formula is C13H15Cl2N. The molecular weight excluding hydrogens is 241 g/mol. The summed E-state index contributed by atoms with van der Waals surface area (Å²) >= 11 is 0. The normalized spacial score (nSPS) is 8.81. The average molecular weight is 256 g/mol. The van der Waals surface area contributed by atoms with Gasteiger partial charge in [-0.05, 0) is 18.1 Å². The van der Waals surface area contributed by atoms with E-state index in [0.717, 1.165) is 16.8 Å². The van der Waals surface area contributed by atoms with Gasteiger partial charge < -0.3 is 5.73 Å². The zero-order chi connectivity index (χ0) is 9.97. The van der Waals surface area contributed by atoms with Crippen molar-refractivity contribution in [2.24, 2.45) is 0 Å². The predicted octanol–water partition coefficient (Wildman–Crippen LogP) is 4.09. The Morgan fingerprint density at radius 1 is 0.812 bits per heavy atom. The molecule has 0 aliphatic rings. The van der Waals surface area contributed by atoms with Crippen LogP contribution in [0, 0.1) is 6.92 Å². The standard InChI is InChI=1S/C13H13N.2ClH/c1-10-6-5-9-12(13(10)14)11-7-3-2-4-8-11;;/h2-9H,14H2,1H3;2*1H. The molecule has 0 radical (unpaired) electrons. The van der Waals surface area contributed by atoms with Gasteiger partial charge in [0.2, 0.25) is 0 Å². The Hall–Kier alpha value is -1.18. The van der Waals surface area contributed by atoms with Crippen molar-refractivity contribution in [3.8, 4) is 11.1 Å². The lowest BCUT2D eigenvalue weighted by Gasteiger charge is -2.07. The van der Waals surface area contributed by atoms with Gasteiger partial charge in [0.05, 0.1) is 0 Å². The summed E-state index contributed by atoms with van der Waals surface area (Å²) < 4.78 is 0. The molecule has 0 amide bonds. The topological polar surface area (TPSA) is 26.0 Å². The van der Waals surface area contributed by atoms with Crippen LogP contribution in [0.25, 0.3) is 11.1 Å². The summed E-state index contributed by atoms with van der Waals surface area (Å²) in [7, 11) is 0. The quantitative estimate of drug-likeness (QED) is 0.764. The first-order valence-electron chi connectivity index (χ1n) is 4.69. The minimum Gasteiger partial charge on any atom is -0.398 e. The van der Waals surface area contributed by atoms with Gasteiger partial charge in [-0.2, -0.15) is 0 Å². The Morgan fingerprint density at radius 3 is 2.06 bits per heavy atom. The molecule has 0 bridgehead atoms. The van der Waals surface area contributed by atoms with Crippen LogP contribution in [0.1, 0.15) is 5.56 Å². The third-order valence-electron chi connectivity index (χ3n) is 2.41. The van der Waals surface area contributed by atoms with Crippen molar-refractivity contribution in [3.05, 3.63) is 54.1 Å². The monoisotopic (exact) mass is 255 g/mol. The van der Waals surface area contributed by atoms with Gasteiger partial charge in [-0.25, -0.2) is 0 Å². The fraction of sp³-hybridized carbons (Fsp3) is 0.0769. The van der Waals surface area contributed by atoms with Crippen LogP contribution in [0.15, 0.2) is 48.5 Å². The first-order valence-corrected chi connectivity index (χ1v) is 4.69. The van der Waals surface area contributed by atoms with Crippen molar-refractivity contribution in [2.45, 2.75) is 6.92 Å². The number of rotatable bonds is 1. The number of halogens is 2. The Labute approximate surface area is 108 Å². The van der Waals surface area contributed by atoms with E-state index in [1.807, 2.05) is 37.3 Å². The van der Waals surface area contributed by atoms with Gasteiger partial charge in [-0.3, -0.25) is 0 Å². The molecule has 0 heterocycles. The highest BCUT2D eigenvalue weighted by Gasteiger charge is 2.02. The Balaban J connectivity index is 0.00000112. The summed E-state index contributed by atoms with van der Waals surface area (Å²) in [5.41, 5.74) is 10.3. The van der Waals surface area contributed by atoms with Gasteiger partial charge in [0.1, 0.15) is 0 Å². The van der Waals surface area contributed by atoms with Crippen LogP contribution >= 0.6 is 24.8 Å². The van der Waals surface area contributed by atoms with Crippen LogP contribution in [0.4, 0.5) is 5.69 Å². The molecule has 0 saturated heterocycles. The molecule has 2 aromatic rings. The van der Waals surface area contributed by atoms with E-state index in [9.17, 15) is 0 Å². The molecule has 0 aromatic heterocycles. The fourth-order valence-electron chi connectivity index (χ4n) is 1.55. The van der Waals surface area contributed by atoms with Gasteiger partial charge >= 0.3 is 0 Å². The van der Waals surface area contributed by atoms with E-state index >= 15 is 0 Å². The summed E-state index contributed by atoms with van der Waals surface area (Å²) in [6, 6.07) is 16.3. The van der Waals surface area contributed by atoms with E-state index in [1.165, 1.54) is 5.56 Å². The minimum absolute atomic E-state index is 0. The Kier molecular flexibility index (Phi) is 5.94. The van der Waals surface area contributed by atoms with Crippen molar-refractivity contribution >= 4 is 30.5 Å². The number of para-hydroxylation sites is 1. The van der Waals surface area contributed by atoms with Gasteiger partial charge in [-0.1, -0.05) is 48.5 Å². The first kappa shape index (κ1) is 14.8. The lowest BCUT2D eigenvalue weighted by molar-refractivity contribution is 1.46. The third kappa shape index (κ3) is 2.91. The van der Waals surface area contributed by atoms with Gasteiger partial charge in [0, 0.05) is 11.3 Å². The molecule has 0 aliphatic carbocycles. The number of anilines is 1. The smallest absolute Gasteiger partial charge is 0.0423 e.